The van der Waals surface area contributed by atoms with Crippen LogP contribution < -0.4 is 14.2 Å². The SMILES string of the molecule is C=CCCCCCCCCCOc1cc(OCCCCCCCCCC=C)cc(OCCCCCCCCCC=C)c1. The van der Waals surface area contributed by atoms with E-state index < -0.39 is 0 Å². The molecule has 1 rings (SSSR count). The number of rotatable bonds is 33. The summed E-state index contributed by atoms with van der Waals surface area (Å²) in [6, 6.07) is 6.12. The van der Waals surface area contributed by atoms with Crippen LogP contribution in [0.4, 0.5) is 0 Å². The van der Waals surface area contributed by atoms with Crippen LogP contribution in [0, 0.1) is 0 Å². The van der Waals surface area contributed by atoms with E-state index in [1.165, 1.54) is 116 Å². The van der Waals surface area contributed by atoms with Gasteiger partial charge in [0.2, 0.25) is 0 Å². The van der Waals surface area contributed by atoms with Crippen LogP contribution in [0.5, 0.6) is 17.2 Å². The minimum absolute atomic E-state index is 0.749. The quantitative estimate of drug-likeness (QED) is 0.0609. The van der Waals surface area contributed by atoms with E-state index in [9.17, 15) is 0 Å². The van der Waals surface area contributed by atoms with E-state index in [1.54, 1.807) is 0 Å². The molecule has 1 aromatic carbocycles. The summed E-state index contributed by atoms with van der Waals surface area (Å²) in [6.45, 7) is 13.7. The van der Waals surface area contributed by atoms with E-state index in [2.05, 4.69) is 19.7 Å². The number of ether oxygens (including phenoxy) is 3. The zero-order valence-electron chi connectivity index (χ0n) is 27.4. The highest BCUT2D eigenvalue weighted by molar-refractivity contribution is 5.42. The van der Waals surface area contributed by atoms with Crippen molar-refractivity contribution in [2.45, 2.75) is 154 Å². The monoisotopic (exact) mass is 583 g/mol. The number of unbranched alkanes of at least 4 members (excludes halogenated alkanes) is 21. The van der Waals surface area contributed by atoms with Crippen molar-refractivity contribution >= 4 is 0 Å². The molecule has 0 saturated carbocycles. The second-order valence-corrected chi connectivity index (χ2v) is 11.8. The third kappa shape index (κ3) is 24.4. The Labute approximate surface area is 261 Å². The molecule has 0 aromatic heterocycles. The third-order valence-corrected chi connectivity index (χ3v) is 7.82. The van der Waals surface area contributed by atoms with Gasteiger partial charge < -0.3 is 14.2 Å². The molecule has 0 bridgehead atoms. The molecule has 0 saturated heterocycles. The summed E-state index contributed by atoms with van der Waals surface area (Å²) < 4.78 is 18.5. The van der Waals surface area contributed by atoms with Crippen molar-refractivity contribution in [3.63, 3.8) is 0 Å². The van der Waals surface area contributed by atoms with Gasteiger partial charge in [0, 0.05) is 18.2 Å². The van der Waals surface area contributed by atoms with Gasteiger partial charge in [0.05, 0.1) is 19.8 Å². The number of allylic oxidation sites excluding steroid dienone is 3. The number of benzene rings is 1. The van der Waals surface area contributed by atoms with Crippen LogP contribution >= 0.6 is 0 Å². The second kappa shape index (κ2) is 30.3. The van der Waals surface area contributed by atoms with Crippen molar-refractivity contribution in [2.75, 3.05) is 19.8 Å². The molecule has 0 aliphatic rings. The first-order valence-electron chi connectivity index (χ1n) is 17.7. The van der Waals surface area contributed by atoms with E-state index in [4.69, 9.17) is 14.2 Å². The standard InChI is InChI=1S/C39H66O3/c1-4-7-10-13-16-19-22-25-28-31-40-37-34-38(41-32-29-26-23-20-17-14-11-8-5-2)36-39(35-37)42-33-30-27-24-21-18-15-12-9-6-3/h4-6,34-36H,1-3,7-33H2. The molecule has 0 amide bonds. The molecule has 0 unspecified atom stereocenters. The predicted molar refractivity (Wildman–Crippen MR) is 184 cm³/mol. The summed E-state index contributed by atoms with van der Waals surface area (Å²) in [6.07, 6.45) is 36.1. The second-order valence-electron chi connectivity index (χ2n) is 11.8. The van der Waals surface area contributed by atoms with Crippen molar-refractivity contribution in [1.29, 1.82) is 0 Å². The molecule has 0 aliphatic heterocycles. The largest absolute Gasteiger partial charge is 0.493 e. The van der Waals surface area contributed by atoms with Crippen LogP contribution in [0.2, 0.25) is 0 Å². The summed E-state index contributed by atoms with van der Waals surface area (Å²) in [5.74, 6) is 2.60. The van der Waals surface area contributed by atoms with Crippen LogP contribution in [-0.4, -0.2) is 19.8 Å². The summed E-state index contributed by atoms with van der Waals surface area (Å²) in [7, 11) is 0. The summed E-state index contributed by atoms with van der Waals surface area (Å²) >= 11 is 0. The van der Waals surface area contributed by atoms with E-state index in [1.807, 2.05) is 36.4 Å². The Morgan fingerprint density at radius 3 is 0.786 bits per heavy atom. The van der Waals surface area contributed by atoms with E-state index in [-0.39, 0.29) is 0 Å². The Hall–Kier alpha value is -2.16. The van der Waals surface area contributed by atoms with Gasteiger partial charge in [-0.3, -0.25) is 0 Å². The fraction of sp³-hybridized carbons (Fsp3) is 0.692. The third-order valence-electron chi connectivity index (χ3n) is 7.82. The lowest BCUT2D eigenvalue weighted by Gasteiger charge is -2.13. The van der Waals surface area contributed by atoms with Crippen LogP contribution in [-0.2, 0) is 0 Å². The first-order chi connectivity index (χ1) is 20.8. The minimum Gasteiger partial charge on any atom is -0.493 e. The minimum atomic E-state index is 0.749. The van der Waals surface area contributed by atoms with Gasteiger partial charge in [-0.05, 0) is 57.8 Å². The maximum Gasteiger partial charge on any atom is 0.126 e. The summed E-state index contributed by atoms with van der Waals surface area (Å²) in [5.41, 5.74) is 0. The van der Waals surface area contributed by atoms with Gasteiger partial charge in [-0.15, -0.1) is 19.7 Å². The average Bonchev–Trinajstić information content (AvgIpc) is 3.00. The van der Waals surface area contributed by atoms with Gasteiger partial charge in [0.1, 0.15) is 17.2 Å². The molecule has 42 heavy (non-hydrogen) atoms. The first kappa shape index (κ1) is 37.9. The molecule has 0 atom stereocenters. The van der Waals surface area contributed by atoms with Crippen molar-refractivity contribution in [1.82, 2.24) is 0 Å². The average molecular weight is 583 g/mol. The van der Waals surface area contributed by atoms with Gasteiger partial charge >= 0.3 is 0 Å². The number of hydrogen-bond acceptors (Lipinski definition) is 3. The Bertz CT molecular complexity index is 644. The first-order valence-corrected chi connectivity index (χ1v) is 17.7. The van der Waals surface area contributed by atoms with Crippen LogP contribution in [0.25, 0.3) is 0 Å². The smallest absolute Gasteiger partial charge is 0.126 e. The van der Waals surface area contributed by atoms with Crippen molar-refractivity contribution in [3.05, 3.63) is 56.2 Å². The van der Waals surface area contributed by atoms with E-state index in [0.717, 1.165) is 75.6 Å². The number of hydrogen-bond donors (Lipinski definition) is 0. The lowest BCUT2D eigenvalue weighted by Crippen LogP contribution is -2.02. The van der Waals surface area contributed by atoms with Crippen LogP contribution in [0.3, 0.4) is 0 Å². The molecule has 3 heteroatoms. The molecule has 0 spiro atoms. The molecule has 3 nitrogen and oxygen atoms in total. The maximum absolute atomic E-state index is 6.16. The Morgan fingerprint density at radius 1 is 0.333 bits per heavy atom. The highest BCUT2D eigenvalue weighted by Gasteiger charge is 2.06. The van der Waals surface area contributed by atoms with E-state index in [0.29, 0.717) is 0 Å². The van der Waals surface area contributed by atoms with Gasteiger partial charge in [0.25, 0.3) is 0 Å². The zero-order chi connectivity index (χ0) is 30.2. The van der Waals surface area contributed by atoms with Crippen molar-refractivity contribution in [3.8, 4) is 17.2 Å². The van der Waals surface area contributed by atoms with Gasteiger partial charge in [-0.1, -0.05) is 115 Å². The summed E-state index contributed by atoms with van der Waals surface area (Å²) in [4.78, 5) is 0. The molecular formula is C39H66O3. The lowest BCUT2D eigenvalue weighted by atomic mass is 10.1. The molecular weight excluding hydrogens is 516 g/mol. The van der Waals surface area contributed by atoms with Crippen molar-refractivity contribution in [2.24, 2.45) is 0 Å². The fourth-order valence-corrected chi connectivity index (χ4v) is 5.19. The van der Waals surface area contributed by atoms with Gasteiger partial charge in [0.15, 0.2) is 0 Å². The zero-order valence-corrected chi connectivity index (χ0v) is 27.4. The van der Waals surface area contributed by atoms with Crippen molar-refractivity contribution < 1.29 is 14.2 Å². The Morgan fingerprint density at radius 2 is 0.548 bits per heavy atom. The fourth-order valence-electron chi connectivity index (χ4n) is 5.19. The normalized spacial score (nSPS) is 10.9. The highest BCUT2D eigenvalue weighted by atomic mass is 16.5. The molecule has 1 aromatic rings. The molecule has 0 aliphatic carbocycles. The van der Waals surface area contributed by atoms with E-state index >= 15 is 0 Å². The highest BCUT2D eigenvalue weighted by Crippen LogP contribution is 2.29. The Kier molecular flexibility index (Phi) is 27.3. The van der Waals surface area contributed by atoms with Crippen LogP contribution in [0.15, 0.2) is 56.2 Å². The molecule has 0 heterocycles. The molecule has 0 fully saturated rings. The molecule has 0 N–H and O–H groups in total. The predicted octanol–water partition coefficient (Wildman–Crippen LogP) is 12.7. The van der Waals surface area contributed by atoms with Crippen LogP contribution in [0.1, 0.15) is 154 Å². The van der Waals surface area contributed by atoms with Gasteiger partial charge in [-0.25, -0.2) is 0 Å². The summed E-state index contributed by atoms with van der Waals surface area (Å²) in [5, 5.41) is 0. The maximum atomic E-state index is 6.16. The molecule has 0 radical (unpaired) electrons. The van der Waals surface area contributed by atoms with Gasteiger partial charge in [-0.2, -0.15) is 0 Å². The lowest BCUT2D eigenvalue weighted by molar-refractivity contribution is 0.275. The topological polar surface area (TPSA) is 27.7 Å². The molecule has 240 valence electrons. The Balaban J connectivity index is 2.37.